The molecule has 0 aromatic rings. The number of hydrogen-bond donors (Lipinski definition) is 3. The van der Waals surface area contributed by atoms with Crippen molar-refractivity contribution in [1.82, 2.24) is 0 Å². The Kier molecular flexibility index (Phi) is 5.47. The van der Waals surface area contributed by atoms with Crippen molar-refractivity contribution in [2.45, 2.75) is 12.3 Å². The molecule has 0 unspecified atom stereocenters. The lowest BCUT2D eigenvalue weighted by molar-refractivity contribution is -0.920. The van der Waals surface area contributed by atoms with Crippen molar-refractivity contribution < 1.29 is 33.2 Å². The summed E-state index contributed by atoms with van der Waals surface area (Å²) in [6.07, 6.45) is -6.71. The predicted molar refractivity (Wildman–Crippen MR) is 50.1 cm³/mol. The largest absolute Gasteiger partial charge is 0.419 e. The van der Waals surface area contributed by atoms with Gasteiger partial charge in [0.15, 0.2) is 6.10 Å². The minimum atomic E-state index is -4.50. The molecule has 1 aliphatic rings. The highest BCUT2D eigenvalue weighted by molar-refractivity contribution is 4.61. The summed E-state index contributed by atoms with van der Waals surface area (Å²) in [5.74, 6) is 0. The lowest BCUT2D eigenvalue weighted by atomic mass is 10.3. The second kappa shape index (κ2) is 6.39. The average Bonchev–Trinajstić information content (AvgIpc) is 2.24. The first-order valence-electron chi connectivity index (χ1n) is 5.48. The van der Waals surface area contributed by atoms with Gasteiger partial charge < -0.3 is 20.1 Å². The van der Waals surface area contributed by atoms with E-state index in [1.165, 1.54) is 10.2 Å². The predicted octanol–water partition coefficient (Wildman–Crippen LogP) is -2.61. The Labute approximate surface area is 92.4 Å². The van der Waals surface area contributed by atoms with E-state index in [0.29, 0.717) is 6.54 Å². The summed E-state index contributed by atoms with van der Waals surface area (Å²) >= 11 is 0. The van der Waals surface area contributed by atoms with Crippen LogP contribution < -0.4 is 10.2 Å². The zero-order valence-corrected chi connectivity index (χ0v) is 9.09. The van der Waals surface area contributed by atoms with E-state index in [-0.39, 0.29) is 6.54 Å². The van der Waals surface area contributed by atoms with Crippen LogP contribution in [0.3, 0.4) is 0 Å². The summed E-state index contributed by atoms with van der Waals surface area (Å²) in [5.41, 5.74) is 0. The number of nitrogens with one attached hydrogen (secondary N) is 1. The number of aliphatic hydroxyl groups is 1. The highest BCUT2D eigenvalue weighted by Gasteiger charge is 2.39. The first-order valence-corrected chi connectivity index (χ1v) is 5.48. The maximum absolute atomic E-state index is 11.9. The quantitative estimate of drug-likeness (QED) is 0.464. The molecule has 0 spiro atoms. The maximum Gasteiger partial charge on any atom is 0.419 e. The molecule has 0 radical (unpaired) electrons. The van der Waals surface area contributed by atoms with Crippen molar-refractivity contribution in [3.8, 4) is 0 Å². The van der Waals surface area contributed by atoms with Crippen LogP contribution in [-0.2, 0) is 4.74 Å². The topological polar surface area (TPSA) is 50.5 Å². The molecule has 0 aromatic carbocycles. The summed E-state index contributed by atoms with van der Waals surface area (Å²) in [5, 5.41) is 10.3. The highest BCUT2D eigenvalue weighted by Crippen LogP contribution is 2.18. The number of morpholine rings is 1. The van der Waals surface area contributed by atoms with Gasteiger partial charge in [-0.2, -0.15) is 13.2 Å². The molecule has 0 saturated carbocycles. The molecule has 4 nitrogen and oxygen atoms in total. The van der Waals surface area contributed by atoms with E-state index < -0.39 is 12.3 Å². The maximum atomic E-state index is 11.9. The van der Waals surface area contributed by atoms with E-state index in [0.717, 1.165) is 32.8 Å². The number of ether oxygens (including phenoxy) is 1. The molecule has 1 heterocycles. The highest BCUT2D eigenvalue weighted by atomic mass is 19.4. The smallest absolute Gasteiger partial charge is 0.379 e. The Hall–Kier alpha value is -0.370. The third kappa shape index (κ3) is 5.11. The van der Waals surface area contributed by atoms with Crippen LogP contribution in [0.25, 0.3) is 0 Å². The van der Waals surface area contributed by atoms with Gasteiger partial charge in [0.05, 0.1) is 13.2 Å². The third-order valence-electron chi connectivity index (χ3n) is 2.67. The standard InChI is InChI=1S/C9H17F3N2O2/c10-9(11,12)8(15)7-13-1-2-14-3-5-16-6-4-14/h8,13,15H,1-7H2/p+2/t8-/m1/s1. The van der Waals surface area contributed by atoms with Gasteiger partial charge in [0.25, 0.3) is 0 Å². The summed E-state index contributed by atoms with van der Waals surface area (Å²) in [4.78, 5) is 1.35. The lowest BCUT2D eigenvalue weighted by Crippen LogP contribution is -3.16. The number of hydrogen-bond acceptors (Lipinski definition) is 2. The van der Waals surface area contributed by atoms with Crippen LogP contribution in [0.4, 0.5) is 13.2 Å². The Morgan fingerprint density at radius 2 is 1.94 bits per heavy atom. The zero-order valence-electron chi connectivity index (χ0n) is 9.09. The van der Waals surface area contributed by atoms with Crippen LogP contribution >= 0.6 is 0 Å². The van der Waals surface area contributed by atoms with Crippen LogP contribution in [0, 0.1) is 0 Å². The number of rotatable bonds is 5. The minimum Gasteiger partial charge on any atom is -0.379 e. The molecule has 7 heteroatoms. The Morgan fingerprint density at radius 3 is 2.50 bits per heavy atom. The molecular formula is C9H19F3N2O2+2. The summed E-state index contributed by atoms with van der Waals surface area (Å²) < 4.78 is 41.0. The molecule has 1 saturated heterocycles. The molecule has 0 amide bonds. The number of aliphatic hydroxyl groups excluding tert-OH is 1. The Morgan fingerprint density at radius 1 is 1.31 bits per heavy atom. The van der Waals surface area contributed by atoms with Gasteiger partial charge in [-0.25, -0.2) is 0 Å². The average molecular weight is 244 g/mol. The molecule has 1 aliphatic heterocycles. The molecule has 0 aliphatic carbocycles. The van der Waals surface area contributed by atoms with Gasteiger partial charge >= 0.3 is 6.18 Å². The Bertz CT molecular complexity index is 196. The van der Waals surface area contributed by atoms with Gasteiger partial charge in [-0.05, 0) is 0 Å². The van der Waals surface area contributed by atoms with Crippen LogP contribution in [0.2, 0.25) is 0 Å². The van der Waals surface area contributed by atoms with E-state index in [9.17, 15) is 13.2 Å². The van der Waals surface area contributed by atoms with E-state index in [1.807, 2.05) is 0 Å². The van der Waals surface area contributed by atoms with Gasteiger partial charge in [-0.3, -0.25) is 0 Å². The fourth-order valence-corrected chi connectivity index (χ4v) is 1.63. The van der Waals surface area contributed by atoms with E-state index in [2.05, 4.69) is 0 Å². The minimum absolute atomic E-state index is 0.312. The third-order valence-corrected chi connectivity index (χ3v) is 2.67. The number of nitrogens with two attached hydrogens (primary N) is 1. The summed E-state index contributed by atoms with van der Waals surface area (Å²) in [6.45, 7) is 4.37. The van der Waals surface area contributed by atoms with Gasteiger partial charge in [0.2, 0.25) is 0 Å². The van der Waals surface area contributed by atoms with Crippen molar-refractivity contribution in [2.24, 2.45) is 0 Å². The summed E-state index contributed by atoms with van der Waals surface area (Å²) in [7, 11) is 0. The normalized spacial score (nSPS) is 21.0. The fourth-order valence-electron chi connectivity index (χ4n) is 1.63. The SMILES string of the molecule is O[C@H](C[NH2+]CC[NH+]1CCOCC1)C(F)(F)F. The van der Waals surface area contributed by atoms with Gasteiger partial charge in [-0.1, -0.05) is 0 Å². The van der Waals surface area contributed by atoms with Crippen LogP contribution in [0.5, 0.6) is 0 Å². The first kappa shape index (κ1) is 13.7. The van der Waals surface area contributed by atoms with Crippen molar-refractivity contribution in [3.63, 3.8) is 0 Å². The monoisotopic (exact) mass is 244 g/mol. The molecule has 96 valence electrons. The first-order chi connectivity index (χ1) is 7.50. The van der Waals surface area contributed by atoms with E-state index >= 15 is 0 Å². The molecule has 1 fully saturated rings. The number of quaternary nitrogens is 2. The lowest BCUT2D eigenvalue weighted by Gasteiger charge is -2.23. The van der Waals surface area contributed by atoms with Gasteiger partial charge in [0, 0.05) is 0 Å². The summed E-state index contributed by atoms with van der Waals surface area (Å²) in [6, 6.07) is 0. The van der Waals surface area contributed by atoms with Gasteiger partial charge in [-0.15, -0.1) is 0 Å². The fraction of sp³-hybridized carbons (Fsp3) is 1.00. The van der Waals surface area contributed by atoms with Crippen LogP contribution in [0.15, 0.2) is 0 Å². The molecule has 0 bridgehead atoms. The van der Waals surface area contributed by atoms with Crippen molar-refractivity contribution in [2.75, 3.05) is 45.9 Å². The second-order valence-electron chi connectivity index (χ2n) is 3.98. The van der Waals surface area contributed by atoms with E-state index in [4.69, 9.17) is 9.84 Å². The van der Waals surface area contributed by atoms with Crippen LogP contribution in [-0.4, -0.2) is 63.3 Å². The molecule has 1 rings (SSSR count). The zero-order chi connectivity index (χ0) is 12.0. The van der Waals surface area contributed by atoms with Gasteiger partial charge in [0.1, 0.15) is 32.7 Å². The second-order valence-corrected chi connectivity index (χ2v) is 3.98. The molecular weight excluding hydrogens is 225 g/mol. The van der Waals surface area contributed by atoms with Crippen molar-refractivity contribution in [1.29, 1.82) is 0 Å². The molecule has 4 N–H and O–H groups in total. The van der Waals surface area contributed by atoms with Crippen molar-refractivity contribution >= 4 is 0 Å². The number of halogens is 3. The Balaban J connectivity index is 2.02. The molecule has 1 atom stereocenters. The van der Waals surface area contributed by atoms with Crippen molar-refractivity contribution in [3.05, 3.63) is 0 Å². The molecule has 16 heavy (non-hydrogen) atoms. The number of alkyl halides is 3. The molecule has 0 aromatic heterocycles. The van der Waals surface area contributed by atoms with Crippen LogP contribution in [0.1, 0.15) is 0 Å². The van der Waals surface area contributed by atoms with E-state index in [1.54, 1.807) is 0 Å².